The maximum absolute atomic E-state index is 6.54. The summed E-state index contributed by atoms with van der Waals surface area (Å²) in [4.78, 5) is 5.38. The van der Waals surface area contributed by atoms with Crippen molar-refractivity contribution in [2.75, 3.05) is 0 Å². The van der Waals surface area contributed by atoms with E-state index in [2.05, 4.69) is 174 Å². The largest absolute Gasteiger partial charge is 0.455 e. The molecular formula is C47H30N2O. The first-order valence-corrected chi connectivity index (χ1v) is 17.0. The Labute approximate surface area is 289 Å². The van der Waals surface area contributed by atoms with Gasteiger partial charge in [0.15, 0.2) is 0 Å². The van der Waals surface area contributed by atoms with E-state index in [4.69, 9.17) is 9.40 Å². The van der Waals surface area contributed by atoms with E-state index in [1.165, 1.54) is 21.9 Å². The van der Waals surface area contributed by atoms with Gasteiger partial charge in [-0.05, 0) is 65.2 Å². The van der Waals surface area contributed by atoms with Crippen molar-refractivity contribution in [1.29, 1.82) is 0 Å². The lowest BCUT2D eigenvalue weighted by Gasteiger charge is -2.13. The highest BCUT2D eigenvalue weighted by Gasteiger charge is 2.17. The van der Waals surface area contributed by atoms with Gasteiger partial charge in [-0.15, -0.1) is 0 Å². The molecule has 7 aromatic carbocycles. The molecule has 234 valence electrons. The molecule has 3 aromatic heterocycles. The molecular weight excluding hydrogens is 609 g/mol. The monoisotopic (exact) mass is 638 g/mol. The molecule has 3 nitrogen and oxygen atoms in total. The van der Waals surface area contributed by atoms with E-state index in [1.807, 2.05) is 12.1 Å². The molecule has 0 aliphatic heterocycles. The van der Waals surface area contributed by atoms with Crippen molar-refractivity contribution < 1.29 is 4.42 Å². The minimum atomic E-state index is 0.884. The highest BCUT2D eigenvalue weighted by molar-refractivity contribution is 6.11. The third-order valence-electron chi connectivity index (χ3n) is 9.79. The summed E-state index contributed by atoms with van der Waals surface area (Å²) in [6.45, 7) is 0. The number of fused-ring (bicyclic) bond motifs is 6. The van der Waals surface area contributed by atoms with Gasteiger partial charge in [0.1, 0.15) is 11.2 Å². The highest BCUT2D eigenvalue weighted by atomic mass is 16.3. The summed E-state index contributed by atoms with van der Waals surface area (Å²) in [7, 11) is 0. The van der Waals surface area contributed by atoms with Crippen LogP contribution >= 0.6 is 0 Å². The summed E-state index contributed by atoms with van der Waals surface area (Å²) in [5, 5.41) is 4.67. The van der Waals surface area contributed by atoms with Crippen LogP contribution in [0.25, 0.3) is 94.2 Å². The van der Waals surface area contributed by atoms with Crippen molar-refractivity contribution in [1.82, 2.24) is 9.55 Å². The third-order valence-corrected chi connectivity index (χ3v) is 9.79. The summed E-state index contributed by atoms with van der Waals surface area (Å²) in [6.07, 6.45) is 0. The molecule has 0 radical (unpaired) electrons. The fourth-order valence-electron chi connectivity index (χ4n) is 7.43. The van der Waals surface area contributed by atoms with Gasteiger partial charge in [-0.1, -0.05) is 133 Å². The molecule has 0 unspecified atom stereocenters. The van der Waals surface area contributed by atoms with E-state index in [1.54, 1.807) is 0 Å². The number of benzene rings is 7. The molecule has 0 saturated heterocycles. The fourth-order valence-corrected chi connectivity index (χ4v) is 7.43. The fraction of sp³-hybridized carbons (Fsp3) is 0. The zero-order chi connectivity index (χ0) is 33.0. The lowest BCUT2D eigenvalue weighted by atomic mass is 9.96. The van der Waals surface area contributed by atoms with Gasteiger partial charge in [0.25, 0.3) is 0 Å². The smallest absolute Gasteiger partial charge is 0.143 e. The number of para-hydroxylation sites is 4. The van der Waals surface area contributed by atoms with E-state index >= 15 is 0 Å². The third kappa shape index (κ3) is 4.63. The highest BCUT2D eigenvalue weighted by Crippen LogP contribution is 2.40. The van der Waals surface area contributed by atoms with Crippen LogP contribution in [0, 0.1) is 0 Å². The maximum Gasteiger partial charge on any atom is 0.143 e. The molecule has 50 heavy (non-hydrogen) atoms. The maximum atomic E-state index is 6.54. The Morgan fingerprint density at radius 3 is 1.84 bits per heavy atom. The second-order valence-corrected chi connectivity index (χ2v) is 12.8. The summed E-state index contributed by atoms with van der Waals surface area (Å²) in [6, 6.07) is 64.3. The predicted molar refractivity (Wildman–Crippen MR) is 208 cm³/mol. The van der Waals surface area contributed by atoms with E-state index in [0.29, 0.717) is 0 Å². The van der Waals surface area contributed by atoms with Crippen molar-refractivity contribution >= 4 is 43.7 Å². The molecule has 0 fully saturated rings. The predicted octanol–water partition coefficient (Wildman–Crippen LogP) is 12.7. The van der Waals surface area contributed by atoms with Gasteiger partial charge in [-0.25, -0.2) is 4.98 Å². The van der Waals surface area contributed by atoms with Gasteiger partial charge in [-0.2, -0.15) is 0 Å². The van der Waals surface area contributed by atoms with Gasteiger partial charge in [0, 0.05) is 43.9 Å². The van der Waals surface area contributed by atoms with E-state index in [9.17, 15) is 0 Å². The molecule has 0 spiro atoms. The molecule has 10 aromatic rings. The van der Waals surface area contributed by atoms with Crippen LogP contribution in [0.2, 0.25) is 0 Å². The van der Waals surface area contributed by atoms with Crippen molar-refractivity contribution in [3.05, 3.63) is 182 Å². The first kappa shape index (κ1) is 28.3. The summed E-state index contributed by atoms with van der Waals surface area (Å²) in [5.41, 5.74) is 13.6. The van der Waals surface area contributed by atoms with Gasteiger partial charge in [0.05, 0.1) is 22.4 Å². The van der Waals surface area contributed by atoms with Crippen molar-refractivity contribution in [2.45, 2.75) is 0 Å². The van der Waals surface area contributed by atoms with Crippen LogP contribution in [0.3, 0.4) is 0 Å². The summed E-state index contributed by atoms with van der Waals surface area (Å²) >= 11 is 0. The van der Waals surface area contributed by atoms with Crippen LogP contribution in [0.4, 0.5) is 0 Å². The van der Waals surface area contributed by atoms with E-state index in [0.717, 1.165) is 72.3 Å². The minimum Gasteiger partial charge on any atom is -0.455 e. The van der Waals surface area contributed by atoms with Crippen molar-refractivity contribution in [2.24, 2.45) is 0 Å². The Bertz CT molecular complexity index is 2860. The Morgan fingerprint density at radius 2 is 1.00 bits per heavy atom. The normalized spacial score (nSPS) is 11.6. The topological polar surface area (TPSA) is 31.0 Å². The van der Waals surface area contributed by atoms with E-state index < -0.39 is 0 Å². The first-order chi connectivity index (χ1) is 24.8. The molecule has 0 aliphatic rings. The molecule has 0 atom stereocenters. The number of pyridine rings is 1. The zero-order valence-corrected chi connectivity index (χ0v) is 27.1. The summed E-state index contributed by atoms with van der Waals surface area (Å²) in [5.74, 6) is 0. The lowest BCUT2D eigenvalue weighted by molar-refractivity contribution is 0.670. The van der Waals surface area contributed by atoms with Crippen molar-refractivity contribution in [3.8, 4) is 50.5 Å². The lowest BCUT2D eigenvalue weighted by Crippen LogP contribution is -1.94. The van der Waals surface area contributed by atoms with Crippen LogP contribution in [0.1, 0.15) is 0 Å². The average molecular weight is 639 g/mol. The molecule has 0 aliphatic carbocycles. The van der Waals surface area contributed by atoms with E-state index in [-0.39, 0.29) is 0 Å². The SMILES string of the molecule is c1ccc(-c2cccc(-c3cc(-c4cccc5c4oc4ccccc45)cc(-c4ccc5c6ccccc6n(-c6ccccc6)c5c4)n3)c2)cc1. The first-order valence-electron chi connectivity index (χ1n) is 17.0. The molecule has 0 N–H and O–H groups in total. The van der Waals surface area contributed by atoms with Gasteiger partial charge < -0.3 is 8.98 Å². The minimum absolute atomic E-state index is 0.884. The number of rotatable bonds is 5. The summed E-state index contributed by atoms with van der Waals surface area (Å²) < 4.78 is 8.90. The number of hydrogen-bond acceptors (Lipinski definition) is 2. The quantitative estimate of drug-likeness (QED) is 0.188. The Hall–Kier alpha value is -6.71. The van der Waals surface area contributed by atoms with Crippen LogP contribution in [-0.2, 0) is 0 Å². The van der Waals surface area contributed by atoms with Gasteiger partial charge in [0.2, 0.25) is 0 Å². The molecule has 0 amide bonds. The zero-order valence-electron chi connectivity index (χ0n) is 27.1. The number of furan rings is 1. The van der Waals surface area contributed by atoms with Crippen LogP contribution < -0.4 is 0 Å². The molecule has 10 rings (SSSR count). The average Bonchev–Trinajstić information content (AvgIpc) is 3.74. The number of nitrogens with zero attached hydrogens (tertiary/aromatic N) is 2. The van der Waals surface area contributed by atoms with Gasteiger partial charge in [-0.3, -0.25) is 0 Å². The second kappa shape index (κ2) is 11.5. The Kier molecular flexibility index (Phi) is 6.49. The number of aromatic nitrogens is 2. The van der Waals surface area contributed by atoms with Crippen molar-refractivity contribution in [3.63, 3.8) is 0 Å². The molecule has 0 saturated carbocycles. The molecule has 3 heterocycles. The van der Waals surface area contributed by atoms with Crippen LogP contribution in [0.5, 0.6) is 0 Å². The standard InChI is InChI=1S/C47H30N2O/c1-3-13-31(14-4-1)32-15-11-16-33(27-32)42-28-35(37-21-12-22-41-40-20-8-10-24-46(40)50-47(37)41)29-43(48-42)34-25-26-39-38-19-7-9-23-44(38)49(45(39)30-34)36-17-5-2-6-18-36/h1-30H. The Balaban J connectivity index is 1.22. The Morgan fingerprint density at radius 1 is 0.380 bits per heavy atom. The second-order valence-electron chi connectivity index (χ2n) is 12.8. The van der Waals surface area contributed by atoms with Crippen LogP contribution in [0.15, 0.2) is 186 Å². The molecule has 3 heteroatoms. The van der Waals surface area contributed by atoms with Crippen LogP contribution in [-0.4, -0.2) is 9.55 Å². The molecule has 0 bridgehead atoms. The number of hydrogen-bond donors (Lipinski definition) is 0. The van der Waals surface area contributed by atoms with Gasteiger partial charge >= 0.3 is 0 Å².